The molecule has 1 aromatic heterocycles. The quantitative estimate of drug-likeness (QED) is 0.186. The second-order valence-corrected chi connectivity index (χ2v) is 11.3. The van der Waals surface area contributed by atoms with Gasteiger partial charge in [-0.25, -0.2) is 4.98 Å². The van der Waals surface area contributed by atoms with Gasteiger partial charge in [-0.2, -0.15) is 4.98 Å². The Balaban J connectivity index is 1.09. The van der Waals surface area contributed by atoms with Crippen LogP contribution in [-0.4, -0.2) is 48.2 Å². The number of anilines is 2. The first-order chi connectivity index (χ1) is 18.7. The van der Waals surface area contributed by atoms with Crippen molar-refractivity contribution in [1.82, 2.24) is 25.9 Å². The van der Waals surface area contributed by atoms with Crippen LogP contribution in [-0.2, 0) is 13.1 Å². The van der Waals surface area contributed by atoms with Crippen molar-refractivity contribution in [2.45, 2.75) is 109 Å². The Labute approximate surface area is 230 Å². The Bertz CT molecular complexity index is 905. The molecule has 2 fully saturated rings. The summed E-state index contributed by atoms with van der Waals surface area (Å²) < 4.78 is 0. The van der Waals surface area contributed by atoms with Crippen LogP contribution in [0.4, 0.5) is 11.8 Å². The summed E-state index contributed by atoms with van der Waals surface area (Å²) in [6.45, 7) is 7.83. The lowest BCUT2D eigenvalue weighted by molar-refractivity contribution is 0.371. The maximum atomic E-state index is 4.68. The predicted octanol–water partition coefficient (Wildman–Crippen LogP) is 5.52. The van der Waals surface area contributed by atoms with Crippen molar-refractivity contribution in [2.75, 3.05) is 36.8 Å². The van der Waals surface area contributed by atoms with Gasteiger partial charge in [0.2, 0.25) is 5.95 Å². The largest absolute Gasteiger partial charge is 0.370 e. The Kier molecular flexibility index (Phi) is 12.6. The molecule has 7 heteroatoms. The van der Waals surface area contributed by atoms with Crippen molar-refractivity contribution >= 4 is 11.8 Å². The molecule has 4 rings (SSSR count). The van der Waals surface area contributed by atoms with Gasteiger partial charge in [-0.15, -0.1) is 0 Å². The van der Waals surface area contributed by atoms with Crippen LogP contribution in [0.2, 0.25) is 0 Å². The maximum absolute atomic E-state index is 4.68. The minimum Gasteiger partial charge on any atom is -0.370 e. The van der Waals surface area contributed by atoms with Crippen molar-refractivity contribution in [1.29, 1.82) is 0 Å². The van der Waals surface area contributed by atoms with Crippen LogP contribution in [0.15, 0.2) is 30.3 Å². The van der Waals surface area contributed by atoms with E-state index in [0.29, 0.717) is 5.95 Å². The number of nitrogens with one attached hydrogen (secondary N) is 5. The Morgan fingerprint density at radius 3 is 1.87 bits per heavy atom. The zero-order valence-corrected chi connectivity index (χ0v) is 23.7. The van der Waals surface area contributed by atoms with E-state index in [4.69, 9.17) is 0 Å². The topological polar surface area (TPSA) is 85.9 Å². The van der Waals surface area contributed by atoms with Gasteiger partial charge in [-0.3, -0.25) is 0 Å². The molecule has 0 saturated heterocycles. The summed E-state index contributed by atoms with van der Waals surface area (Å²) in [7, 11) is 0. The van der Waals surface area contributed by atoms with Crippen molar-refractivity contribution in [3.05, 3.63) is 47.2 Å². The number of nitrogens with zero attached hydrogens (tertiary/aromatic N) is 2. The number of aryl methyl sites for hydroxylation is 1. The SMILES string of the molecule is Cc1cc(NCCCNC2CCCCC2)nc(NCc2ccc(CNCCCNC3CCCCC3)cc2)n1. The number of hydrogen-bond acceptors (Lipinski definition) is 7. The summed E-state index contributed by atoms with van der Waals surface area (Å²) in [5, 5.41) is 17.9. The van der Waals surface area contributed by atoms with E-state index < -0.39 is 0 Å². The van der Waals surface area contributed by atoms with Crippen LogP contribution in [0.5, 0.6) is 0 Å². The lowest BCUT2D eigenvalue weighted by Crippen LogP contribution is -2.33. The highest BCUT2D eigenvalue weighted by Crippen LogP contribution is 2.18. The average Bonchev–Trinajstić information content (AvgIpc) is 2.95. The zero-order chi connectivity index (χ0) is 26.3. The van der Waals surface area contributed by atoms with E-state index in [2.05, 4.69) is 60.8 Å². The number of rotatable bonds is 16. The second-order valence-electron chi connectivity index (χ2n) is 11.3. The maximum Gasteiger partial charge on any atom is 0.225 e. The Morgan fingerprint density at radius 1 is 0.658 bits per heavy atom. The van der Waals surface area contributed by atoms with Crippen molar-refractivity contribution in [3.63, 3.8) is 0 Å². The third kappa shape index (κ3) is 10.9. The molecule has 0 radical (unpaired) electrons. The van der Waals surface area contributed by atoms with Gasteiger partial charge < -0.3 is 26.6 Å². The van der Waals surface area contributed by atoms with Crippen molar-refractivity contribution < 1.29 is 0 Å². The van der Waals surface area contributed by atoms with Gasteiger partial charge in [-0.1, -0.05) is 62.8 Å². The van der Waals surface area contributed by atoms with E-state index in [1.165, 1.54) is 81.8 Å². The van der Waals surface area contributed by atoms with Crippen LogP contribution in [0, 0.1) is 6.92 Å². The predicted molar refractivity (Wildman–Crippen MR) is 160 cm³/mol. The molecule has 2 aliphatic rings. The molecule has 0 bridgehead atoms. The molecular weight excluding hydrogens is 470 g/mol. The van der Waals surface area contributed by atoms with E-state index in [0.717, 1.165) is 69.3 Å². The monoisotopic (exact) mass is 521 g/mol. The van der Waals surface area contributed by atoms with Crippen molar-refractivity contribution in [3.8, 4) is 0 Å². The van der Waals surface area contributed by atoms with Crippen molar-refractivity contribution in [2.24, 2.45) is 0 Å². The lowest BCUT2D eigenvalue weighted by atomic mass is 9.95. The molecule has 210 valence electrons. The summed E-state index contributed by atoms with van der Waals surface area (Å²) in [4.78, 5) is 9.26. The number of aromatic nitrogens is 2. The summed E-state index contributed by atoms with van der Waals surface area (Å²) in [6, 6.07) is 12.3. The van der Waals surface area contributed by atoms with E-state index >= 15 is 0 Å². The first-order valence-electron chi connectivity index (χ1n) is 15.3. The molecule has 0 aliphatic heterocycles. The van der Waals surface area contributed by atoms with Gasteiger partial charge in [-0.05, 0) is 76.2 Å². The minimum atomic E-state index is 0.681. The van der Waals surface area contributed by atoms with E-state index in [1.807, 2.05) is 13.0 Å². The smallest absolute Gasteiger partial charge is 0.225 e. The third-order valence-corrected chi connectivity index (χ3v) is 7.92. The van der Waals surface area contributed by atoms with Crippen LogP contribution < -0.4 is 26.6 Å². The lowest BCUT2D eigenvalue weighted by Gasteiger charge is -2.22. The highest BCUT2D eigenvalue weighted by atomic mass is 15.1. The van der Waals surface area contributed by atoms with Gasteiger partial charge in [0.15, 0.2) is 0 Å². The second kappa shape index (κ2) is 16.7. The molecule has 7 nitrogen and oxygen atoms in total. The van der Waals surface area contributed by atoms with Gasteiger partial charge in [0.25, 0.3) is 0 Å². The number of hydrogen-bond donors (Lipinski definition) is 5. The van der Waals surface area contributed by atoms with Crippen LogP contribution >= 0.6 is 0 Å². The van der Waals surface area contributed by atoms with Gasteiger partial charge in [0.1, 0.15) is 5.82 Å². The summed E-state index contributed by atoms with van der Waals surface area (Å²) in [5.74, 6) is 1.58. The molecule has 2 saturated carbocycles. The van der Waals surface area contributed by atoms with E-state index in [-0.39, 0.29) is 0 Å². The molecule has 0 atom stereocenters. The van der Waals surface area contributed by atoms with E-state index in [1.54, 1.807) is 0 Å². The van der Waals surface area contributed by atoms with Crippen LogP contribution in [0.25, 0.3) is 0 Å². The minimum absolute atomic E-state index is 0.681. The van der Waals surface area contributed by atoms with Crippen LogP contribution in [0.1, 0.15) is 93.9 Å². The van der Waals surface area contributed by atoms with Gasteiger partial charge in [0.05, 0.1) is 0 Å². The summed E-state index contributed by atoms with van der Waals surface area (Å²) in [5.41, 5.74) is 3.53. The van der Waals surface area contributed by atoms with Gasteiger partial charge >= 0.3 is 0 Å². The van der Waals surface area contributed by atoms with Crippen LogP contribution in [0.3, 0.4) is 0 Å². The molecule has 0 unspecified atom stereocenters. The molecule has 5 N–H and O–H groups in total. The molecular formula is C31H51N7. The Hall–Kier alpha value is -2.22. The molecule has 38 heavy (non-hydrogen) atoms. The Morgan fingerprint density at radius 2 is 1.24 bits per heavy atom. The fourth-order valence-corrected chi connectivity index (χ4v) is 5.67. The molecule has 1 aromatic carbocycles. The average molecular weight is 522 g/mol. The highest BCUT2D eigenvalue weighted by molar-refractivity contribution is 5.42. The molecule has 1 heterocycles. The third-order valence-electron chi connectivity index (χ3n) is 7.92. The van der Waals surface area contributed by atoms with Gasteiger partial charge in [0, 0.05) is 43.5 Å². The standard InChI is InChI=1S/C31H51N7/c1-25-22-30(35-21-9-20-34-29-12-6-3-7-13-29)38-31(37-25)36-24-27-16-14-26(15-17-27)23-32-18-8-19-33-28-10-4-2-5-11-28/h14-17,22,28-29,32-34H,2-13,18-21,23-24H2,1H3,(H2,35,36,37,38). The molecule has 2 aliphatic carbocycles. The molecule has 0 spiro atoms. The van der Waals surface area contributed by atoms with E-state index in [9.17, 15) is 0 Å². The molecule has 0 amide bonds. The summed E-state index contributed by atoms with van der Waals surface area (Å²) in [6.07, 6.45) is 16.1. The summed E-state index contributed by atoms with van der Waals surface area (Å²) >= 11 is 0. The number of benzene rings is 1. The molecule has 2 aromatic rings. The first-order valence-corrected chi connectivity index (χ1v) is 15.3. The highest BCUT2D eigenvalue weighted by Gasteiger charge is 2.12. The normalized spacial score (nSPS) is 17.0. The zero-order valence-electron chi connectivity index (χ0n) is 23.7. The fourth-order valence-electron chi connectivity index (χ4n) is 5.67. The fraction of sp³-hybridized carbons (Fsp3) is 0.677. The first kappa shape index (κ1) is 28.8.